The second kappa shape index (κ2) is 7.62. The lowest BCUT2D eigenvalue weighted by atomic mass is 10.2. The third-order valence-electron chi connectivity index (χ3n) is 2.25. The van der Waals surface area contributed by atoms with E-state index in [9.17, 15) is 0 Å². The number of oxime groups is 1. The monoisotopic (exact) mass is 201 g/mol. The molecule has 0 aliphatic carbocycles. The lowest BCUT2D eigenvalue weighted by Crippen LogP contribution is -2.33. The summed E-state index contributed by atoms with van der Waals surface area (Å²) in [6, 6.07) is 0.572. The Bertz CT molecular complexity index is 169. The second-order valence-corrected chi connectivity index (χ2v) is 3.82. The number of amidine groups is 1. The Morgan fingerprint density at radius 1 is 1.43 bits per heavy atom. The molecule has 0 unspecified atom stereocenters. The largest absolute Gasteiger partial charge is 0.409 e. The Kier molecular flexibility index (Phi) is 7.20. The smallest absolute Gasteiger partial charge is 0.139 e. The maximum atomic E-state index is 8.36. The number of hydrogen-bond acceptors (Lipinski definition) is 3. The van der Waals surface area contributed by atoms with Crippen molar-refractivity contribution in [2.24, 2.45) is 10.9 Å². The average molecular weight is 201 g/mol. The number of nitrogens with zero attached hydrogens (tertiary/aromatic N) is 2. The molecule has 0 aliphatic heterocycles. The minimum Gasteiger partial charge on any atom is -0.409 e. The molecule has 0 aromatic heterocycles. The molecule has 0 atom stereocenters. The van der Waals surface area contributed by atoms with Crippen LogP contribution in [-0.2, 0) is 0 Å². The van der Waals surface area contributed by atoms with E-state index in [-0.39, 0.29) is 0 Å². The van der Waals surface area contributed by atoms with Crippen LogP contribution in [0, 0.1) is 0 Å². The summed E-state index contributed by atoms with van der Waals surface area (Å²) in [4.78, 5) is 2.41. The topological polar surface area (TPSA) is 61.8 Å². The van der Waals surface area contributed by atoms with E-state index in [2.05, 4.69) is 30.8 Å². The minimum atomic E-state index is 0.324. The standard InChI is InChI=1S/C10H23N3O/c1-4-7-13(9(2)3)8-5-6-10(11)12-14/h9,14H,4-8H2,1-3H3,(H2,11,12). The van der Waals surface area contributed by atoms with Crippen LogP contribution in [0.3, 0.4) is 0 Å². The summed E-state index contributed by atoms with van der Waals surface area (Å²) in [7, 11) is 0. The van der Waals surface area contributed by atoms with Gasteiger partial charge in [0, 0.05) is 12.5 Å². The third-order valence-corrected chi connectivity index (χ3v) is 2.25. The van der Waals surface area contributed by atoms with Crippen molar-refractivity contribution in [3.8, 4) is 0 Å². The molecular formula is C10H23N3O. The van der Waals surface area contributed by atoms with Crippen molar-refractivity contribution in [2.45, 2.75) is 46.1 Å². The highest BCUT2D eigenvalue weighted by molar-refractivity contribution is 5.79. The van der Waals surface area contributed by atoms with Gasteiger partial charge >= 0.3 is 0 Å². The number of nitrogens with two attached hydrogens (primary N) is 1. The van der Waals surface area contributed by atoms with E-state index >= 15 is 0 Å². The maximum absolute atomic E-state index is 8.36. The first-order chi connectivity index (χ1) is 6.61. The minimum absolute atomic E-state index is 0.324. The molecule has 0 radical (unpaired) electrons. The maximum Gasteiger partial charge on any atom is 0.139 e. The van der Waals surface area contributed by atoms with Crippen LogP contribution in [0.25, 0.3) is 0 Å². The van der Waals surface area contributed by atoms with Crippen LogP contribution in [0.5, 0.6) is 0 Å². The fraction of sp³-hybridized carbons (Fsp3) is 0.900. The first-order valence-corrected chi connectivity index (χ1v) is 5.32. The summed E-state index contributed by atoms with van der Waals surface area (Å²) in [6.45, 7) is 8.70. The molecule has 0 saturated carbocycles. The molecule has 14 heavy (non-hydrogen) atoms. The van der Waals surface area contributed by atoms with E-state index in [1.807, 2.05) is 0 Å². The van der Waals surface area contributed by atoms with Crippen molar-refractivity contribution in [1.82, 2.24) is 4.90 Å². The highest BCUT2D eigenvalue weighted by Crippen LogP contribution is 2.02. The number of hydrogen-bond donors (Lipinski definition) is 2. The summed E-state index contributed by atoms with van der Waals surface area (Å²) in [5.74, 6) is 0.324. The van der Waals surface area contributed by atoms with Crippen LogP contribution in [0.15, 0.2) is 5.16 Å². The molecule has 0 rings (SSSR count). The van der Waals surface area contributed by atoms with Gasteiger partial charge in [-0.1, -0.05) is 12.1 Å². The first-order valence-electron chi connectivity index (χ1n) is 5.32. The van der Waals surface area contributed by atoms with Gasteiger partial charge in [0.05, 0.1) is 0 Å². The van der Waals surface area contributed by atoms with Crippen molar-refractivity contribution in [1.29, 1.82) is 0 Å². The summed E-state index contributed by atoms with van der Waals surface area (Å²) in [5, 5.41) is 11.3. The van der Waals surface area contributed by atoms with Gasteiger partial charge in [0.2, 0.25) is 0 Å². The molecule has 0 saturated heterocycles. The van der Waals surface area contributed by atoms with Crippen molar-refractivity contribution in [3.63, 3.8) is 0 Å². The molecule has 4 heteroatoms. The second-order valence-electron chi connectivity index (χ2n) is 3.82. The third kappa shape index (κ3) is 5.80. The Morgan fingerprint density at radius 2 is 2.07 bits per heavy atom. The van der Waals surface area contributed by atoms with Crippen LogP contribution >= 0.6 is 0 Å². The van der Waals surface area contributed by atoms with Gasteiger partial charge in [-0.3, -0.25) is 0 Å². The van der Waals surface area contributed by atoms with E-state index in [0.717, 1.165) is 19.5 Å². The van der Waals surface area contributed by atoms with Crippen LogP contribution in [0.1, 0.15) is 40.0 Å². The molecule has 0 aromatic carbocycles. The molecule has 0 bridgehead atoms. The molecule has 3 N–H and O–H groups in total. The zero-order valence-electron chi connectivity index (χ0n) is 9.53. The van der Waals surface area contributed by atoms with Gasteiger partial charge in [0.15, 0.2) is 0 Å². The molecule has 0 fully saturated rings. The normalized spacial score (nSPS) is 12.8. The predicted octanol–water partition coefficient (Wildman–Crippen LogP) is 1.63. The van der Waals surface area contributed by atoms with Gasteiger partial charge in [-0.2, -0.15) is 0 Å². The SMILES string of the molecule is CCCN(CCC/C(N)=N/O)C(C)C. The van der Waals surface area contributed by atoms with Crippen LogP contribution in [0.2, 0.25) is 0 Å². The highest BCUT2D eigenvalue weighted by Gasteiger charge is 2.07. The molecule has 0 amide bonds. The molecule has 84 valence electrons. The van der Waals surface area contributed by atoms with Gasteiger partial charge in [0.25, 0.3) is 0 Å². The summed E-state index contributed by atoms with van der Waals surface area (Å²) < 4.78 is 0. The first kappa shape index (κ1) is 13.2. The molecule has 4 nitrogen and oxygen atoms in total. The molecule has 0 heterocycles. The van der Waals surface area contributed by atoms with E-state index in [1.54, 1.807) is 0 Å². The van der Waals surface area contributed by atoms with E-state index in [1.165, 1.54) is 6.42 Å². The molecular weight excluding hydrogens is 178 g/mol. The van der Waals surface area contributed by atoms with Crippen LogP contribution in [-0.4, -0.2) is 35.1 Å². The predicted molar refractivity (Wildman–Crippen MR) is 59.6 cm³/mol. The Hall–Kier alpha value is -0.770. The lowest BCUT2D eigenvalue weighted by molar-refractivity contribution is 0.220. The van der Waals surface area contributed by atoms with Gasteiger partial charge in [-0.05, 0) is 39.8 Å². The van der Waals surface area contributed by atoms with Gasteiger partial charge in [-0.25, -0.2) is 0 Å². The van der Waals surface area contributed by atoms with Gasteiger partial charge in [0.1, 0.15) is 5.84 Å². The summed E-state index contributed by atoms with van der Waals surface area (Å²) >= 11 is 0. The van der Waals surface area contributed by atoms with Crippen molar-refractivity contribution >= 4 is 5.84 Å². The quantitative estimate of drug-likeness (QED) is 0.285. The van der Waals surface area contributed by atoms with Gasteiger partial charge < -0.3 is 15.8 Å². The summed E-state index contributed by atoms with van der Waals surface area (Å²) in [5.41, 5.74) is 5.39. The Morgan fingerprint density at radius 3 is 2.50 bits per heavy atom. The van der Waals surface area contributed by atoms with Crippen LogP contribution in [0.4, 0.5) is 0 Å². The van der Waals surface area contributed by atoms with E-state index in [4.69, 9.17) is 10.9 Å². The van der Waals surface area contributed by atoms with Crippen molar-refractivity contribution < 1.29 is 5.21 Å². The molecule has 0 aliphatic rings. The van der Waals surface area contributed by atoms with Crippen molar-refractivity contribution in [3.05, 3.63) is 0 Å². The van der Waals surface area contributed by atoms with Crippen molar-refractivity contribution in [2.75, 3.05) is 13.1 Å². The zero-order valence-corrected chi connectivity index (χ0v) is 9.53. The fourth-order valence-corrected chi connectivity index (χ4v) is 1.43. The zero-order chi connectivity index (χ0) is 11.0. The van der Waals surface area contributed by atoms with E-state index in [0.29, 0.717) is 18.3 Å². The van der Waals surface area contributed by atoms with E-state index < -0.39 is 0 Å². The van der Waals surface area contributed by atoms with Gasteiger partial charge in [-0.15, -0.1) is 0 Å². The van der Waals surface area contributed by atoms with Crippen LogP contribution < -0.4 is 5.73 Å². The Labute approximate surface area is 86.8 Å². The lowest BCUT2D eigenvalue weighted by Gasteiger charge is -2.25. The molecule has 0 spiro atoms. The average Bonchev–Trinajstić information content (AvgIpc) is 2.16. The number of rotatable bonds is 7. The Balaban J connectivity index is 3.71. The summed E-state index contributed by atoms with van der Waals surface area (Å²) in [6.07, 6.45) is 2.79. The fourth-order valence-electron chi connectivity index (χ4n) is 1.43. The molecule has 0 aromatic rings. The highest BCUT2D eigenvalue weighted by atomic mass is 16.4.